The van der Waals surface area contributed by atoms with Gasteiger partial charge in [0.25, 0.3) is 0 Å². The van der Waals surface area contributed by atoms with Crippen LogP contribution in [0.5, 0.6) is 0 Å². The van der Waals surface area contributed by atoms with Gasteiger partial charge in [-0.2, -0.15) is 0 Å². The Balaban J connectivity index is 1.87. The number of anilines is 2. The van der Waals surface area contributed by atoms with E-state index < -0.39 is 5.82 Å². The molecular formula is C20H22Cl2FN3O2. The van der Waals surface area contributed by atoms with Crippen LogP contribution in [-0.4, -0.2) is 36.3 Å². The molecule has 0 aliphatic heterocycles. The Labute approximate surface area is 173 Å². The van der Waals surface area contributed by atoms with E-state index >= 15 is 0 Å². The van der Waals surface area contributed by atoms with Crippen LogP contribution in [0.25, 0.3) is 0 Å². The molecule has 0 aliphatic rings. The molecule has 0 atom stereocenters. The summed E-state index contributed by atoms with van der Waals surface area (Å²) in [5.41, 5.74) is 0.620. The first-order valence-corrected chi connectivity index (χ1v) is 9.66. The maximum atomic E-state index is 13.6. The normalized spacial score (nSPS) is 10.8. The number of hydrogen-bond acceptors (Lipinski definition) is 3. The summed E-state index contributed by atoms with van der Waals surface area (Å²) in [7, 11) is 0. The molecule has 0 aliphatic carbocycles. The molecule has 28 heavy (non-hydrogen) atoms. The number of nitrogens with one attached hydrogen (secondary N) is 2. The fraction of sp³-hybridized carbons (Fsp3) is 0.300. The van der Waals surface area contributed by atoms with Crippen LogP contribution in [0.2, 0.25) is 10.0 Å². The maximum Gasteiger partial charge on any atom is 0.238 e. The highest BCUT2D eigenvalue weighted by Crippen LogP contribution is 2.25. The Morgan fingerprint density at radius 2 is 1.71 bits per heavy atom. The summed E-state index contributed by atoms with van der Waals surface area (Å²) in [4.78, 5) is 26.3. The van der Waals surface area contributed by atoms with Crippen molar-refractivity contribution < 1.29 is 14.0 Å². The molecule has 2 rings (SSSR count). The van der Waals surface area contributed by atoms with E-state index in [-0.39, 0.29) is 30.5 Å². The number of rotatable bonds is 9. The molecule has 0 spiro atoms. The van der Waals surface area contributed by atoms with Crippen LogP contribution < -0.4 is 10.6 Å². The lowest BCUT2D eigenvalue weighted by Crippen LogP contribution is -2.36. The predicted molar refractivity (Wildman–Crippen MR) is 111 cm³/mol. The van der Waals surface area contributed by atoms with E-state index in [0.717, 1.165) is 6.42 Å². The number of carbonyl (C=O) groups excluding carboxylic acids is 2. The summed E-state index contributed by atoms with van der Waals surface area (Å²) in [6, 6.07) is 10.8. The zero-order valence-corrected chi connectivity index (χ0v) is 17.0. The van der Waals surface area contributed by atoms with Crippen LogP contribution in [0, 0.1) is 5.82 Å². The number of amides is 2. The molecule has 150 valence electrons. The first kappa shape index (κ1) is 22.1. The van der Waals surface area contributed by atoms with Crippen molar-refractivity contribution in [2.45, 2.75) is 19.8 Å². The number of carbonyl (C=O) groups is 2. The van der Waals surface area contributed by atoms with Crippen LogP contribution in [-0.2, 0) is 9.59 Å². The van der Waals surface area contributed by atoms with Gasteiger partial charge in [0.05, 0.1) is 22.9 Å². The molecule has 2 N–H and O–H groups in total. The van der Waals surface area contributed by atoms with Crippen molar-refractivity contribution in [2.24, 2.45) is 0 Å². The topological polar surface area (TPSA) is 61.4 Å². The standard InChI is InChI=1S/C20H22Cl2FN3O2/c1-2-10-26(11-9-19(27)25-18-6-4-3-5-16(18)23)13-20(28)24-17-8-7-14(21)12-15(17)22/h3-8,12H,2,9-11,13H2,1H3,(H,24,28)(H,25,27). The van der Waals surface area contributed by atoms with E-state index in [1.54, 1.807) is 30.3 Å². The quantitative estimate of drug-likeness (QED) is 0.605. The molecule has 0 bridgehead atoms. The Morgan fingerprint density at radius 3 is 2.39 bits per heavy atom. The predicted octanol–water partition coefficient (Wildman–Crippen LogP) is 4.81. The van der Waals surface area contributed by atoms with Crippen LogP contribution >= 0.6 is 23.2 Å². The second kappa shape index (κ2) is 11.0. The van der Waals surface area contributed by atoms with Crippen LogP contribution in [0.4, 0.5) is 15.8 Å². The third-order valence-corrected chi connectivity index (χ3v) is 4.46. The second-order valence-electron chi connectivity index (χ2n) is 6.23. The van der Waals surface area contributed by atoms with Gasteiger partial charge in [-0.25, -0.2) is 4.39 Å². The number of nitrogens with zero attached hydrogens (tertiary/aromatic N) is 1. The third kappa shape index (κ3) is 7.11. The van der Waals surface area contributed by atoms with Crippen molar-refractivity contribution in [3.63, 3.8) is 0 Å². The number of hydrogen-bond donors (Lipinski definition) is 2. The fourth-order valence-electron chi connectivity index (χ4n) is 2.60. The van der Waals surface area contributed by atoms with Gasteiger partial charge < -0.3 is 10.6 Å². The van der Waals surface area contributed by atoms with Gasteiger partial charge in [-0.3, -0.25) is 14.5 Å². The van der Waals surface area contributed by atoms with Gasteiger partial charge >= 0.3 is 0 Å². The molecule has 0 saturated carbocycles. The Kier molecular flexibility index (Phi) is 8.70. The van der Waals surface area contributed by atoms with Gasteiger partial charge in [-0.1, -0.05) is 42.3 Å². The second-order valence-corrected chi connectivity index (χ2v) is 7.07. The highest BCUT2D eigenvalue weighted by atomic mass is 35.5. The number of benzene rings is 2. The van der Waals surface area contributed by atoms with Crippen molar-refractivity contribution in [1.82, 2.24) is 4.90 Å². The lowest BCUT2D eigenvalue weighted by Gasteiger charge is -2.21. The van der Waals surface area contributed by atoms with Crippen molar-refractivity contribution in [3.8, 4) is 0 Å². The zero-order chi connectivity index (χ0) is 20.5. The molecule has 0 radical (unpaired) electrons. The first-order chi connectivity index (χ1) is 13.4. The lowest BCUT2D eigenvalue weighted by molar-refractivity contribution is -0.119. The van der Waals surface area contributed by atoms with Crippen LogP contribution in [0.3, 0.4) is 0 Å². The molecule has 0 unspecified atom stereocenters. The summed E-state index contributed by atoms with van der Waals surface area (Å²) in [5.74, 6) is -1.04. The van der Waals surface area contributed by atoms with Gasteiger partial charge in [0.15, 0.2) is 0 Å². The molecule has 2 aromatic rings. The molecule has 5 nitrogen and oxygen atoms in total. The molecule has 0 heterocycles. The van der Waals surface area contributed by atoms with Crippen LogP contribution in [0.1, 0.15) is 19.8 Å². The fourth-order valence-corrected chi connectivity index (χ4v) is 3.06. The summed E-state index contributed by atoms with van der Waals surface area (Å²) in [5, 5.41) is 6.12. The van der Waals surface area contributed by atoms with Gasteiger partial charge in [0.2, 0.25) is 11.8 Å². The van der Waals surface area contributed by atoms with E-state index in [4.69, 9.17) is 23.2 Å². The maximum absolute atomic E-state index is 13.6. The average molecular weight is 426 g/mol. The molecule has 8 heteroatoms. The first-order valence-electron chi connectivity index (χ1n) is 8.90. The third-order valence-electron chi connectivity index (χ3n) is 3.92. The van der Waals surface area contributed by atoms with E-state index in [2.05, 4.69) is 10.6 Å². The van der Waals surface area contributed by atoms with Gasteiger partial charge in [-0.15, -0.1) is 0 Å². The number of halogens is 3. The molecule has 2 amide bonds. The highest BCUT2D eigenvalue weighted by molar-refractivity contribution is 6.36. The van der Waals surface area contributed by atoms with E-state index in [1.807, 2.05) is 11.8 Å². The largest absolute Gasteiger partial charge is 0.324 e. The van der Waals surface area contributed by atoms with Crippen molar-refractivity contribution >= 4 is 46.4 Å². The van der Waals surface area contributed by atoms with Crippen molar-refractivity contribution in [1.29, 1.82) is 0 Å². The number of para-hydroxylation sites is 1. The minimum absolute atomic E-state index is 0.111. The molecule has 0 aromatic heterocycles. The summed E-state index contributed by atoms with van der Waals surface area (Å²) >= 11 is 11.9. The Bertz CT molecular complexity index is 833. The van der Waals surface area contributed by atoms with E-state index in [0.29, 0.717) is 28.8 Å². The van der Waals surface area contributed by atoms with Crippen molar-refractivity contribution in [2.75, 3.05) is 30.3 Å². The van der Waals surface area contributed by atoms with Crippen LogP contribution in [0.15, 0.2) is 42.5 Å². The summed E-state index contributed by atoms with van der Waals surface area (Å²) < 4.78 is 13.6. The zero-order valence-electron chi connectivity index (χ0n) is 15.5. The lowest BCUT2D eigenvalue weighted by atomic mass is 10.2. The molecular weight excluding hydrogens is 404 g/mol. The molecule has 2 aromatic carbocycles. The SMILES string of the molecule is CCCN(CCC(=O)Nc1ccccc1F)CC(=O)Nc1ccc(Cl)cc1Cl. The Morgan fingerprint density at radius 1 is 1.00 bits per heavy atom. The van der Waals surface area contributed by atoms with Gasteiger partial charge in [0, 0.05) is 18.0 Å². The molecule has 0 fully saturated rings. The Hall–Kier alpha value is -2.15. The van der Waals surface area contributed by atoms with Gasteiger partial charge in [-0.05, 0) is 43.3 Å². The minimum Gasteiger partial charge on any atom is -0.324 e. The summed E-state index contributed by atoms with van der Waals surface area (Å²) in [6.45, 7) is 3.12. The van der Waals surface area contributed by atoms with Gasteiger partial charge in [0.1, 0.15) is 5.82 Å². The summed E-state index contributed by atoms with van der Waals surface area (Å²) in [6.07, 6.45) is 0.966. The monoisotopic (exact) mass is 425 g/mol. The van der Waals surface area contributed by atoms with Crippen molar-refractivity contribution in [3.05, 3.63) is 58.3 Å². The molecule has 0 saturated heterocycles. The highest BCUT2D eigenvalue weighted by Gasteiger charge is 2.14. The average Bonchev–Trinajstić information content (AvgIpc) is 2.64. The van der Waals surface area contributed by atoms with E-state index in [1.165, 1.54) is 12.1 Å². The smallest absolute Gasteiger partial charge is 0.238 e. The van der Waals surface area contributed by atoms with E-state index in [9.17, 15) is 14.0 Å². The minimum atomic E-state index is -0.486.